The van der Waals surface area contributed by atoms with E-state index in [0.29, 0.717) is 15.6 Å². The van der Waals surface area contributed by atoms with Gasteiger partial charge in [-0.2, -0.15) is 8.78 Å². The molecule has 1 aromatic carbocycles. The van der Waals surface area contributed by atoms with Crippen molar-refractivity contribution in [3.05, 3.63) is 46.6 Å². The zero-order valence-corrected chi connectivity index (χ0v) is 10.4. The average Bonchev–Trinajstić information content (AvgIpc) is 2.27. The van der Waals surface area contributed by atoms with Crippen LogP contribution in [-0.2, 0) is 0 Å². The molecule has 0 atom stereocenters. The van der Waals surface area contributed by atoms with Crippen LogP contribution in [0.15, 0.2) is 36.5 Å². The van der Waals surface area contributed by atoms with Gasteiger partial charge in [-0.25, -0.2) is 0 Å². The van der Waals surface area contributed by atoms with E-state index in [1.807, 2.05) is 0 Å². The molecule has 0 N–H and O–H groups in total. The van der Waals surface area contributed by atoms with Crippen LogP contribution in [0.25, 0.3) is 11.3 Å². The zero-order valence-electron chi connectivity index (χ0n) is 8.91. The summed E-state index contributed by atoms with van der Waals surface area (Å²) in [7, 11) is 0. The lowest BCUT2D eigenvalue weighted by Crippen LogP contribution is -2.03. The van der Waals surface area contributed by atoms with Crippen molar-refractivity contribution in [1.29, 1.82) is 0 Å². The fraction of sp³-hybridized carbons (Fsp3) is 0.0833. The number of alkyl halides is 2. The third kappa shape index (κ3) is 3.09. The molecule has 0 radical (unpaired) electrons. The Hall–Kier alpha value is -1.39. The second-order valence-corrected chi connectivity index (χ2v) is 4.26. The predicted octanol–water partition coefficient (Wildman–Crippen LogP) is 4.66. The molecule has 6 heteroatoms. The van der Waals surface area contributed by atoms with Crippen molar-refractivity contribution >= 4 is 23.2 Å². The quantitative estimate of drug-likeness (QED) is 0.820. The third-order valence-electron chi connectivity index (χ3n) is 2.12. The van der Waals surface area contributed by atoms with E-state index in [9.17, 15) is 8.78 Å². The van der Waals surface area contributed by atoms with Gasteiger partial charge in [0.2, 0.25) is 0 Å². The van der Waals surface area contributed by atoms with Crippen molar-refractivity contribution in [2.45, 2.75) is 6.61 Å². The largest absolute Gasteiger partial charge is 0.432 e. The second kappa shape index (κ2) is 5.50. The van der Waals surface area contributed by atoms with E-state index < -0.39 is 6.61 Å². The first-order valence-electron chi connectivity index (χ1n) is 4.92. The van der Waals surface area contributed by atoms with Crippen LogP contribution in [0.2, 0.25) is 10.0 Å². The summed E-state index contributed by atoms with van der Waals surface area (Å²) in [6, 6.07) is 7.61. The summed E-state index contributed by atoms with van der Waals surface area (Å²) in [6.07, 6.45) is 1.47. The minimum Gasteiger partial charge on any atom is -0.432 e. The molecule has 0 spiro atoms. The van der Waals surface area contributed by atoms with Crippen LogP contribution in [0.4, 0.5) is 8.78 Å². The molecule has 0 saturated carbocycles. The fourth-order valence-electron chi connectivity index (χ4n) is 1.49. The molecular weight excluding hydrogens is 283 g/mol. The maximum Gasteiger partial charge on any atom is 0.387 e. The summed E-state index contributed by atoms with van der Waals surface area (Å²) in [6.45, 7) is -2.91. The number of hydrogen-bond donors (Lipinski definition) is 0. The highest BCUT2D eigenvalue weighted by atomic mass is 35.5. The highest BCUT2D eigenvalue weighted by Crippen LogP contribution is 2.32. The van der Waals surface area contributed by atoms with Crippen LogP contribution in [-0.4, -0.2) is 11.6 Å². The summed E-state index contributed by atoms with van der Waals surface area (Å²) in [4.78, 5) is 4.01. The number of hydrogen-bond acceptors (Lipinski definition) is 2. The number of nitrogens with zero attached hydrogens (tertiary/aromatic N) is 1. The van der Waals surface area contributed by atoms with Gasteiger partial charge in [0.1, 0.15) is 5.69 Å². The Balaban J connectivity index is 2.49. The molecule has 0 unspecified atom stereocenters. The van der Waals surface area contributed by atoms with Gasteiger partial charge in [0.15, 0.2) is 5.75 Å². The highest BCUT2D eigenvalue weighted by molar-refractivity contribution is 6.35. The Morgan fingerprint density at radius 1 is 1.11 bits per heavy atom. The first kappa shape index (κ1) is 13.1. The Morgan fingerprint density at radius 2 is 1.78 bits per heavy atom. The van der Waals surface area contributed by atoms with E-state index in [4.69, 9.17) is 23.2 Å². The predicted molar refractivity (Wildman–Crippen MR) is 66.3 cm³/mol. The van der Waals surface area contributed by atoms with E-state index in [2.05, 4.69) is 9.72 Å². The second-order valence-electron chi connectivity index (χ2n) is 3.39. The van der Waals surface area contributed by atoms with Gasteiger partial charge in [0.05, 0.1) is 0 Å². The number of pyridine rings is 1. The van der Waals surface area contributed by atoms with Crippen molar-refractivity contribution < 1.29 is 13.5 Å². The first-order valence-corrected chi connectivity index (χ1v) is 5.68. The molecule has 0 aliphatic rings. The Morgan fingerprint density at radius 3 is 2.39 bits per heavy atom. The van der Waals surface area contributed by atoms with E-state index in [1.165, 1.54) is 18.3 Å². The lowest BCUT2D eigenvalue weighted by Gasteiger charge is -2.10. The van der Waals surface area contributed by atoms with Gasteiger partial charge in [-0.3, -0.25) is 4.98 Å². The van der Waals surface area contributed by atoms with Gasteiger partial charge in [-0.05, 0) is 30.3 Å². The van der Waals surface area contributed by atoms with E-state index in [0.717, 1.165) is 0 Å². The van der Waals surface area contributed by atoms with Gasteiger partial charge in [-0.15, -0.1) is 0 Å². The smallest absolute Gasteiger partial charge is 0.387 e. The zero-order chi connectivity index (χ0) is 13.1. The molecule has 0 bridgehead atoms. The fourth-order valence-corrected chi connectivity index (χ4v) is 2.02. The minimum absolute atomic E-state index is 0.0224. The van der Waals surface area contributed by atoms with Crippen molar-refractivity contribution in [2.24, 2.45) is 0 Å². The number of rotatable bonds is 3. The summed E-state index contributed by atoms with van der Waals surface area (Å²) in [5.41, 5.74) is 0.783. The first-order chi connectivity index (χ1) is 8.56. The molecule has 2 nitrogen and oxygen atoms in total. The van der Waals surface area contributed by atoms with Crippen LogP contribution in [0.5, 0.6) is 5.75 Å². The molecule has 0 fully saturated rings. The maximum atomic E-state index is 12.3. The summed E-state index contributed by atoms with van der Waals surface area (Å²) >= 11 is 11.7. The monoisotopic (exact) mass is 289 g/mol. The molecule has 0 aliphatic carbocycles. The molecule has 18 heavy (non-hydrogen) atoms. The lowest BCUT2D eigenvalue weighted by atomic mass is 10.1. The number of halogens is 4. The van der Waals surface area contributed by atoms with Gasteiger partial charge >= 0.3 is 6.61 Å². The number of aromatic nitrogens is 1. The standard InChI is InChI=1S/C12H7Cl2F2NO/c13-8-4-7(5-9(14)6-8)11-10(18-12(15)16)2-1-3-17-11/h1-6,12H. The lowest BCUT2D eigenvalue weighted by molar-refractivity contribution is -0.0496. The molecule has 0 amide bonds. The molecule has 2 rings (SSSR count). The molecule has 94 valence electrons. The minimum atomic E-state index is -2.91. The van der Waals surface area contributed by atoms with Gasteiger partial charge in [0, 0.05) is 21.8 Å². The van der Waals surface area contributed by atoms with E-state index in [-0.39, 0.29) is 11.4 Å². The summed E-state index contributed by atoms with van der Waals surface area (Å²) in [5, 5.41) is 0.789. The van der Waals surface area contributed by atoms with Crippen molar-refractivity contribution in [1.82, 2.24) is 4.98 Å². The van der Waals surface area contributed by atoms with Crippen LogP contribution >= 0.6 is 23.2 Å². The van der Waals surface area contributed by atoms with Crippen molar-refractivity contribution in [3.8, 4) is 17.0 Å². The molecule has 0 saturated heterocycles. The number of benzene rings is 1. The Bertz CT molecular complexity index is 543. The molecule has 1 heterocycles. The normalized spacial score (nSPS) is 10.7. The van der Waals surface area contributed by atoms with Gasteiger partial charge in [-0.1, -0.05) is 23.2 Å². The maximum absolute atomic E-state index is 12.3. The van der Waals surface area contributed by atoms with E-state index in [1.54, 1.807) is 18.2 Å². The van der Waals surface area contributed by atoms with Gasteiger partial charge < -0.3 is 4.74 Å². The van der Waals surface area contributed by atoms with Crippen molar-refractivity contribution in [2.75, 3.05) is 0 Å². The number of ether oxygens (including phenoxy) is 1. The highest BCUT2D eigenvalue weighted by Gasteiger charge is 2.13. The molecular formula is C12H7Cl2F2NO. The van der Waals surface area contributed by atoms with Crippen LogP contribution in [0.1, 0.15) is 0 Å². The molecule has 2 aromatic rings. The Labute approximate surface area is 112 Å². The summed E-state index contributed by atoms with van der Waals surface area (Å²) in [5.74, 6) is -0.0224. The average molecular weight is 290 g/mol. The van der Waals surface area contributed by atoms with Crippen LogP contribution in [0, 0.1) is 0 Å². The van der Waals surface area contributed by atoms with Gasteiger partial charge in [0.25, 0.3) is 0 Å². The summed E-state index contributed by atoms with van der Waals surface area (Å²) < 4.78 is 28.9. The molecule has 1 aromatic heterocycles. The van der Waals surface area contributed by atoms with E-state index >= 15 is 0 Å². The third-order valence-corrected chi connectivity index (χ3v) is 2.56. The topological polar surface area (TPSA) is 22.1 Å². The van der Waals surface area contributed by atoms with Crippen LogP contribution < -0.4 is 4.74 Å². The SMILES string of the molecule is FC(F)Oc1cccnc1-c1cc(Cl)cc(Cl)c1. The van der Waals surface area contributed by atoms with Crippen molar-refractivity contribution in [3.63, 3.8) is 0 Å². The Kier molecular flexibility index (Phi) is 3.99. The molecule has 0 aliphatic heterocycles. The van der Waals surface area contributed by atoms with Crippen LogP contribution in [0.3, 0.4) is 0 Å².